The van der Waals surface area contributed by atoms with Gasteiger partial charge in [0.25, 0.3) is 5.91 Å². The number of aromatic nitrogens is 3. The summed E-state index contributed by atoms with van der Waals surface area (Å²) in [6.07, 6.45) is 3.19. The van der Waals surface area contributed by atoms with Crippen molar-refractivity contribution in [3.63, 3.8) is 0 Å². The largest absolute Gasteiger partial charge is 0.456 e. The van der Waals surface area contributed by atoms with Crippen LogP contribution in [0.5, 0.6) is 0 Å². The fourth-order valence-electron chi connectivity index (χ4n) is 3.24. The fraction of sp³-hybridized carbons (Fsp3) is 0. The van der Waals surface area contributed by atoms with Gasteiger partial charge in [0.1, 0.15) is 17.2 Å². The van der Waals surface area contributed by atoms with Crippen molar-refractivity contribution < 1.29 is 9.21 Å². The quantitative estimate of drug-likeness (QED) is 0.483. The van der Waals surface area contributed by atoms with Gasteiger partial charge in [-0.2, -0.15) is 10.2 Å². The molecule has 0 bridgehead atoms. The highest BCUT2D eigenvalue weighted by atomic mass is 16.3. The Balaban J connectivity index is 1.57. The molecule has 0 aliphatic rings. The minimum Gasteiger partial charge on any atom is -0.456 e. The lowest BCUT2D eigenvalue weighted by Crippen LogP contribution is -2.12. The van der Waals surface area contributed by atoms with Crippen molar-refractivity contribution >= 4 is 39.3 Å². The van der Waals surface area contributed by atoms with E-state index in [9.17, 15) is 4.79 Å². The summed E-state index contributed by atoms with van der Waals surface area (Å²) in [4.78, 5) is 16.7. The van der Waals surface area contributed by atoms with Crippen LogP contribution in [0.25, 0.3) is 33.2 Å². The van der Waals surface area contributed by atoms with Crippen LogP contribution in [0.4, 0.5) is 11.5 Å². The lowest BCUT2D eigenvalue weighted by molar-refractivity contribution is 0.102. The maximum Gasteiger partial charge on any atom is 0.255 e. The van der Waals surface area contributed by atoms with Crippen LogP contribution in [0.1, 0.15) is 10.4 Å². The third-order valence-electron chi connectivity index (χ3n) is 4.63. The molecule has 0 aliphatic carbocycles. The molecular formula is C22H15N5O2. The highest BCUT2D eigenvalue weighted by molar-refractivity contribution is 6.07. The van der Waals surface area contributed by atoms with E-state index in [2.05, 4.69) is 20.5 Å². The highest BCUT2D eigenvalue weighted by Gasteiger charge is 2.14. The second-order valence-electron chi connectivity index (χ2n) is 6.56. The number of para-hydroxylation sites is 1. The van der Waals surface area contributed by atoms with E-state index in [0.29, 0.717) is 28.3 Å². The van der Waals surface area contributed by atoms with E-state index in [1.807, 2.05) is 30.3 Å². The number of nitrogens with one attached hydrogen (secondary N) is 1. The number of furan rings is 1. The molecule has 7 heteroatoms. The van der Waals surface area contributed by atoms with Crippen LogP contribution in [-0.2, 0) is 0 Å². The zero-order valence-electron chi connectivity index (χ0n) is 15.2. The second-order valence-corrected chi connectivity index (χ2v) is 6.56. The standard InChI is InChI=1S/C22H15N5O2/c23-21-11-15(7-8-24-21)26-22(28)14-5-6-18-16(9-14)17(12-25-27-18)20-10-13-3-1-2-4-19(13)29-20/h1-12H,(H3,23,24,26,28). The maximum atomic E-state index is 12.7. The Labute approximate surface area is 165 Å². The second kappa shape index (κ2) is 6.72. The number of fused-ring (bicyclic) bond motifs is 2. The molecule has 7 nitrogen and oxygen atoms in total. The number of rotatable bonds is 3. The molecule has 29 heavy (non-hydrogen) atoms. The maximum absolute atomic E-state index is 12.7. The first kappa shape index (κ1) is 16.9. The Kier molecular flexibility index (Phi) is 3.91. The number of hydrogen-bond donors (Lipinski definition) is 2. The van der Waals surface area contributed by atoms with E-state index in [4.69, 9.17) is 10.2 Å². The summed E-state index contributed by atoms with van der Waals surface area (Å²) in [5.74, 6) is 0.749. The van der Waals surface area contributed by atoms with E-state index in [1.165, 1.54) is 0 Å². The molecule has 0 saturated carbocycles. The Morgan fingerprint density at radius 2 is 1.93 bits per heavy atom. The number of nitrogen functional groups attached to an aromatic ring is 1. The lowest BCUT2D eigenvalue weighted by Gasteiger charge is -2.08. The van der Waals surface area contributed by atoms with Crippen molar-refractivity contribution in [2.75, 3.05) is 11.1 Å². The van der Waals surface area contributed by atoms with Crippen LogP contribution < -0.4 is 11.1 Å². The van der Waals surface area contributed by atoms with Crippen molar-refractivity contribution in [2.45, 2.75) is 0 Å². The average molecular weight is 381 g/mol. The highest BCUT2D eigenvalue weighted by Crippen LogP contribution is 2.32. The van der Waals surface area contributed by atoms with Crippen molar-refractivity contribution in [3.8, 4) is 11.3 Å². The number of amides is 1. The summed E-state index contributed by atoms with van der Waals surface area (Å²) in [5, 5.41) is 12.9. The van der Waals surface area contributed by atoms with E-state index in [1.54, 1.807) is 42.7 Å². The first-order chi connectivity index (χ1) is 14.2. The predicted molar refractivity (Wildman–Crippen MR) is 111 cm³/mol. The number of carbonyl (C=O) groups excluding carboxylic acids is 1. The van der Waals surface area contributed by atoms with Gasteiger partial charge >= 0.3 is 0 Å². The molecule has 5 rings (SSSR count). The minimum absolute atomic E-state index is 0.259. The monoisotopic (exact) mass is 381 g/mol. The number of pyridine rings is 1. The van der Waals surface area contributed by atoms with Gasteiger partial charge in [0, 0.05) is 39.8 Å². The Hall–Kier alpha value is -4.26. The van der Waals surface area contributed by atoms with Crippen molar-refractivity contribution in [3.05, 3.63) is 78.6 Å². The topological polar surface area (TPSA) is 107 Å². The van der Waals surface area contributed by atoms with Crippen LogP contribution in [0.3, 0.4) is 0 Å². The molecule has 3 N–H and O–H groups in total. The zero-order chi connectivity index (χ0) is 19.8. The molecule has 0 aliphatic heterocycles. The molecule has 0 fully saturated rings. The molecule has 0 spiro atoms. The summed E-state index contributed by atoms with van der Waals surface area (Å²) in [6.45, 7) is 0. The van der Waals surface area contributed by atoms with Crippen LogP contribution in [0.15, 0.2) is 77.5 Å². The summed E-state index contributed by atoms with van der Waals surface area (Å²) in [6, 6.07) is 18.3. The Morgan fingerprint density at radius 1 is 1.03 bits per heavy atom. The Bertz CT molecular complexity index is 1340. The molecular weight excluding hydrogens is 366 g/mol. The summed E-state index contributed by atoms with van der Waals surface area (Å²) in [5.41, 5.74) is 8.97. The van der Waals surface area contributed by atoms with Gasteiger partial charge in [-0.1, -0.05) is 18.2 Å². The fourth-order valence-corrected chi connectivity index (χ4v) is 3.24. The van der Waals surface area contributed by atoms with Crippen molar-refractivity contribution in [1.29, 1.82) is 0 Å². The van der Waals surface area contributed by atoms with Gasteiger partial charge in [-0.3, -0.25) is 4.79 Å². The number of carbonyl (C=O) groups is 1. The number of hydrogen-bond acceptors (Lipinski definition) is 6. The van der Waals surface area contributed by atoms with E-state index < -0.39 is 0 Å². The van der Waals surface area contributed by atoms with Crippen LogP contribution in [0.2, 0.25) is 0 Å². The van der Waals surface area contributed by atoms with Gasteiger partial charge in [-0.25, -0.2) is 4.98 Å². The van der Waals surface area contributed by atoms with Gasteiger partial charge in [0.2, 0.25) is 0 Å². The van der Waals surface area contributed by atoms with E-state index in [0.717, 1.165) is 21.9 Å². The van der Waals surface area contributed by atoms with Crippen LogP contribution >= 0.6 is 0 Å². The van der Waals surface area contributed by atoms with Gasteiger partial charge < -0.3 is 15.5 Å². The molecule has 0 atom stereocenters. The van der Waals surface area contributed by atoms with Crippen LogP contribution in [-0.4, -0.2) is 21.1 Å². The summed E-state index contributed by atoms with van der Waals surface area (Å²) < 4.78 is 5.98. The SMILES string of the molecule is Nc1cc(NC(=O)c2ccc3nncc(-c4cc5ccccc5o4)c3c2)ccn1. The number of nitrogens with two attached hydrogens (primary N) is 1. The third kappa shape index (κ3) is 3.14. The van der Waals surface area contributed by atoms with Gasteiger partial charge in [-0.15, -0.1) is 0 Å². The molecule has 0 radical (unpaired) electrons. The predicted octanol–water partition coefficient (Wildman–Crippen LogP) is 4.27. The molecule has 0 saturated heterocycles. The molecule has 140 valence electrons. The zero-order valence-corrected chi connectivity index (χ0v) is 15.2. The van der Waals surface area contributed by atoms with E-state index in [-0.39, 0.29) is 5.91 Å². The Morgan fingerprint density at radius 3 is 2.79 bits per heavy atom. The van der Waals surface area contributed by atoms with E-state index >= 15 is 0 Å². The summed E-state index contributed by atoms with van der Waals surface area (Å²) >= 11 is 0. The number of anilines is 2. The number of benzene rings is 2. The van der Waals surface area contributed by atoms with Gasteiger partial charge in [-0.05, 0) is 36.4 Å². The molecule has 0 unspecified atom stereocenters. The normalized spacial score (nSPS) is 11.0. The van der Waals surface area contributed by atoms with Crippen LogP contribution in [0, 0.1) is 0 Å². The third-order valence-corrected chi connectivity index (χ3v) is 4.63. The van der Waals surface area contributed by atoms with Crippen molar-refractivity contribution in [1.82, 2.24) is 15.2 Å². The summed E-state index contributed by atoms with van der Waals surface area (Å²) in [7, 11) is 0. The number of nitrogens with zero attached hydrogens (tertiary/aromatic N) is 3. The molecule has 3 aromatic heterocycles. The molecule has 2 aromatic carbocycles. The van der Waals surface area contributed by atoms with Gasteiger partial charge in [0.15, 0.2) is 0 Å². The average Bonchev–Trinajstić information content (AvgIpc) is 3.17. The van der Waals surface area contributed by atoms with Gasteiger partial charge in [0.05, 0.1) is 11.7 Å². The lowest BCUT2D eigenvalue weighted by atomic mass is 10.0. The minimum atomic E-state index is -0.259. The molecule has 5 aromatic rings. The molecule has 3 heterocycles. The first-order valence-electron chi connectivity index (χ1n) is 8.95. The van der Waals surface area contributed by atoms with Crippen molar-refractivity contribution in [2.24, 2.45) is 0 Å². The molecule has 1 amide bonds. The first-order valence-corrected chi connectivity index (χ1v) is 8.95. The smallest absolute Gasteiger partial charge is 0.255 e.